The molecule has 33 heavy (non-hydrogen) atoms. The summed E-state index contributed by atoms with van der Waals surface area (Å²) in [6, 6.07) is 8.83. The molecule has 1 aliphatic heterocycles. The molecule has 1 unspecified atom stereocenters. The standard InChI is InChI=1S/C24H25N3O4S2/c1-15-8-9-19(12-16(15)2)27(17(3)28)24-25-18(14-33-24)13-31-23(30)20-6-4-10-26(20)22(29)21-7-5-11-32-21/h5,7-9,11-12,14,20H,4,6,10,13H2,1-3H3. The monoisotopic (exact) mass is 483 g/mol. The molecule has 0 N–H and O–H groups in total. The maximum absolute atomic E-state index is 12.7. The Hall–Kier alpha value is -3.04. The van der Waals surface area contributed by atoms with Crippen LogP contribution in [0, 0.1) is 13.8 Å². The molecule has 0 saturated carbocycles. The Morgan fingerprint density at radius 1 is 1.18 bits per heavy atom. The number of rotatable bonds is 6. The summed E-state index contributed by atoms with van der Waals surface area (Å²) in [6.45, 7) is 6.05. The van der Waals surface area contributed by atoms with Crippen LogP contribution in [-0.2, 0) is 20.9 Å². The average Bonchev–Trinajstić information content (AvgIpc) is 3.55. The van der Waals surface area contributed by atoms with Crippen LogP contribution in [0.25, 0.3) is 0 Å². The zero-order chi connectivity index (χ0) is 23.5. The van der Waals surface area contributed by atoms with E-state index in [4.69, 9.17) is 4.74 Å². The summed E-state index contributed by atoms with van der Waals surface area (Å²) in [5.41, 5.74) is 3.54. The number of nitrogens with zero attached hydrogens (tertiary/aromatic N) is 3. The molecule has 1 aliphatic rings. The van der Waals surface area contributed by atoms with Gasteiger partial charge in [0, 0.05) is 18.8 Å². The first-order chi connectivity index (χ1) is 15.8. The second-order valence-corrected chi connectivity index (χ2v) is 9.77. The van der Waals surface area contributed by atoms with Crippen LogP contribution in [0.5, 0.6) is 0 Å². The van der Waals surface area contributed by atoms with Crippen molar-refractivity contribution in [1.29, 1.82) is 0 Å². The molecule has 1 aromatic carbocycles. The van der Waals surface area contributed by atoms with Crippen LogP contribution in [0.3, 0.4) is 0 Å². The highest BCUT2D eigenvalue weighted by Crippen LogP contribution is 2.31. The maximum atomic E-state index is 12.7. The lowest BCUT2D eigenvalue weighted by Gasteiger charge is -2.22. The van der Waals surface area contributed by atoms with Gasteiger partial charge in [-0.25, -0.2) is 9.78 Å². The van der Waals surface area contributed by atoms with Gasteiger partial charge in [-0.2, -0.15) is 0 Å². The molecule has 2 aromatic heterocycles. The summed E-state index contributed by atoms with van der Waals surface area (Å²) in [7, 11) is 0. The molecule has 0 bridgehead atoms. The van der Waals surface area contributed by atoms with E-state index in [-0.39, 0.29) is 18.4 Å². The number of esters is 1. The number of thiazole rings is 1. The van der Waals surface area contributed by atoms with Gasteiger partial charge in [0.2, 0.25) is 5.91 Å². The molecule has 3 aromatic rings. The van der Waals surface area contributed by atoms with Crippen molar-refractivity contribution in [2.24, 2.45) is 0 Å². The normalized spacial score (nSPS) is 15.5. The molecule has 0 radical (unpaired) electrons. The van der Waals surface area contributed by atoms with Crippen LogP contribution in [0.1, 0.15) is 46.3 Å². The number of carbonyl (C=O) groups excluding carboxylic acids is 3. The second-order valence-electron chi connectivity index (χ2n) is 7.99. The zero-order valence-corrected chi connectivity index (χ0v) is 20.4. The molecular weight excluding hydrogens is 458 g/mol. The first kappa shape index (κ1) is 23.1. The van der Waals surface area contributed by atoms with Crippen LogP contribution in [0.4, 0.5) is 10.8 Å². The van der Waals surface area contributed by atoms with Crippen LogP contribution >= 0.6 is 22.7 Å². The molecule has 4 rings (SSSR count). The molecule has 9 heteroatoms. The van der Waals surface area contributed by atoms with Crippen LogP contribution < -0.4 is 4.90 Å². The highest BCUT2D eigenvalue weighted by atomic mass is 32.1. The summed E-state index contributed by atoms with van der Waals surface area (Å²) < 4.78 is 5.52. The minimum atomic E-state index is -0.582. The van der Waals surface area contributed by atoms with Crippen LogP contribution in [0.15, 0.2) is 41.1 Å². The highest BCUT2D eigenvalue weighted by Gasteiger charge is 2.36. The summed E-state index contributed by atoms with van der Waals surface area (Å²) in [4.78, 5) is 46.1. The minimum Gasteiger partial charge on any atom is -0.458 e. The quantitative estimate of drug-likeness (QED) is 0.468. The smallest absolute Gasteiger partial charge is 0.329 e. The summed E-state index contributed by atoms with van der Waals surface area (Å²) >= 11 is 2.68. The Balaban J connectivity index is 1.42. The van der Waals surface area contributed by atoms with Crippen molar-refractivity contribution in [2.75, 3.05) is 11.4 Å². The number of aryl methyl sites for hydroxylation is 2. The Morgan fingerprint density at radius 3 is 2.70 bits per heavy atom. The molecule has 0 spiro atoms. The molecule has 7 nitrogen and oxygen atoms in total. The molecular formula is C24H25N3O4S2. The van der Waals surface area contributed by atoms with Gasteiger partial charge in [-0.3, -0.25) is 14.5 Å². The van der Waals surface area contributed by atoms with E-state index in [0.29, 0.717) is 28.7 Å². The lowest BCUT2D eigenvalue weighted by molar-refractivity contribution is -0.149. The van der Waals surface area contributed by atoms with Crippen molar-refractivity contribution in [2.45, 2.75) is 46.3 Å². The van der Waals surface area contributed by atoms with Gasteiger partial charge in [0.15, 0.2) is 5.13 Å². The second kappa shape index (κ2) is 9.84. The van der Waals surface area contributed by atoms with E-state index in [9.17, 15) is 14.4 Å². The van der Waals surface area contributed by atoms with E-state index in [1.54, 1.807) is 21.2 Å². The van der Waals surface area contributed by atoms with E-state index in [1.165, 1.54) is 29.6 Å². The molecule has 0 aliphatic carbocycles. The number of benzene rings is 1. The lowest BCUT2D eigenvalue weighted by Crippen LogP contribution is -2.41. The third kappa shape index (κ3) is 4.99. The Morgan fingerprint density at radius 2 is 2.00 bits per heavy atom. The third-order valence-corrected chi connectivity index (χ3v) is 7.41. The number of carbonyl (C=O) groups is 3. The Kier molecular flexibility index (Phi) is 6.90. The van der Waals surface area contributed by atoms with Crippen molar-refractivity contribution in [3.05, 3.63) is 62.8 Å². The van der Waals surface area contributed by atoms with Crippen LogP contribution in [0.2, 0.25) is 0 Å². The number of likely N-dealkylation sites (tertiary alicyclic amines) is 1. The molecule has 1 fully saturated rings. The largest absolute Gasteiger partial charge is 0.458 e. The van der Waals surface area contributed by atoms with Gasteiger partial charge in [-0.05, 0) is 61.4 Å². The number of thiophene rings is 1. The number of anilines is 2. The van der Waals surface area contributed by atoms with Crippen molar-refractivity contribution in [3.63, 3.8) is 0 Å². The topological polar surface area (TPSA) is 79.8 Å². The van der Waals surface area contributed by atoms with E-state index in [0.717, 1.165) is 23.2 Å². The molecule has 1 atom stereocenters. The van der Waals surface area contributed by atoms with Crippen LogP contribution in [-0.4, -0.2) is 40.3 Å². The predicted octanol–water partition coefficient (Wildman–Crippen LogP) is 4.85. The van der Waals surface area contributed by atoms with Crippen molar-refractivity contribution >= 4 is 51.3 Å². The fourth-order valence-electron chi connectivity index (χ4n) is 3.79. The molecule has 2 amide bonds. The average molecular weight is 484 g/mol. The van der Waals surface area contributed by atoms with Crippen molar-refractivity contribution < 1.29 is 19.1 Å². The summed E-state index contributed by atoms with van der Waals surface area (Å²) in [6.07, 6.45) is 1.35. The maximum Gasteiger partial charge on any atom is 0.329 e. The van der Waals surface area contributed by atoms with E-state index in [2.05, 4.69) is 4.98 Å². The number of amides is 2. The van der Waals surface area contributed by atoms with Gasteiger partial charge >= 0.3 is 5.97 Å². The Labute approximate surface area is 200 Å². The van der Waals surface area contributed by atoms with Gasteiger partial charge in [-0.1, -0.05) is 12.1 Å². The number of ether oxygens (including phenoxy) is 1. The first-order valence-corrected chi connectivity index (χ1v) is 12.4. The van der Waals surface area contributed by atoms with Gasteiger partial charge in [0.1, 0.15) is 12.6 Å². The molecule has 1 saturated heterocycles. The van der Waals surface area contributed by atoms with Gasteiger partial charge in [-0.15, -0.1) is 22.7 Å². The van der Waals surface area contributed by atoms with Gasteiger partial charge in [0.25, 0.3) is 5.91 Å². The molecule has 3 heterocycles. The first-order valence-electron chi connectivity index (χ1n) is 10.7. The lowest BCUT2D eigenvalue weighted by atomic mass is 10.1. The van der Waals surface area contributed by atoms with Gasteiger partial charge in [0.05, 0.1) is 16.3 Å². The molecule has 172 valence electrons. The zero-order valence-electron chi connectivity index (χ0n) is 18.7. The number of hydrogen-bond acceptors (Lipinski definition) is 7. The fourth-order valence-corrected chi connectivity index (χ4v) is 5.35. The fraction of sp³-hybridized carbons (Fsp3) is 0.333. The number of hydrogen-bond donors (Lipinski definition) is 0. The van der Waals surface area contributed by atoms with E-state index >= 15 is 0 Å². The Bertz CT molecular complexity index is 1170. The highest BCUT2D eigenvalue weighted by molar-refractivity contribution is 7.14. The summed E-state index contributed by atoms with van der Waals surface area (Å²) in [5, 5.41) is 4.15. The minimum absolute atomic E-state index is 0.00840. The predicted molar refractivity (Wildman–Crippen MR) is 129 cm³/mol. The van der Waals surface area contributed by atoms with E-state index < -0.39 is 12.0 Å². The van der Waals surface area contributed by atoms with Crippen molar-refractivity contribution in [1.82, 2.24) is 9.88 Å². The number of aromatic nitrogens is 1. The third-order valence-electron chi connectivity index (χ3n) is 5.67. The van der Waals surface area contributed by atoms with Crippen molar-refractivity contribution in [3.8, 4) is 0 Å². The van der Waals surface area contributed by atoms with E-state index in [1.807, 2.05) is 43.5 Å². The SMILES string of the molecule is CC(=O)N(c1ccc(C)c(C)c1)c1nc(COC(=O)C2CCCN2C(=O)c2cccs2)cs1. The van der Waals surface area contributed by atoms with Gasteiger partial charge < -0.3 is 9.64 Å². The summed E-state index contributed by atoms with van der Waals surface area (Å²) in [5.74, 6) is -0.708.